The molecule has 34 heavy (non-hydrogen) atoms. The van der Waals surface area contributed by atoms with Crippen LogP contribution in [0, 0.1) is 5.41 Å². The van der Waals surface area contributed by atoms with Gasteiger partial charge in [0.1, 0.15) is 19.0 Å². The van der Waals surface area contributed by atoms with Gasteiger partial charge < -0.3 is 18.9 Å². The molecule has 0 bridgehead atoms. The first-order valence-corrected chi connectivity index (χ1v) is 12.1. The van der Waals surface area contributed by atoms with Gasteiger partial charge >= 0.3 is 0 Å². The Morgan fingerprint density at radius 2 is 1.71 bits per heavy atom. The Bertz CT molecular complexity index is 1210. The summed E-state index contributed by atoms with van der Waals surface area (Å²) in [6.45, 7) is 0.605. The minimum Gasteiger partial charge on any atom is -0.493 e. The highest BCUT2D eigenvalue weighted by Crippen LogP contribution is 2.33. The van der Waals surface area contributed by atoms with E-state index in [2.05, 4.69) is 9.39 Å². The van der Waals surface area contributed by atoms with Gasteiger partial charge in [-0.25, -0.2) is 4.90 Å². The van der Waals surface area contributed by atoms with Gasteiger partial charge in [-0.2, -0.15) is 9.39 Å². The largest absolute Gasteiger partial charge is 0.493 e. The molecule has 0 fully saturated rings. The van der Waals surface area contributed by atoms with Crippen LogP contribution in [-0.4, -0.2) is 60.7 Å². The van der Waals surface area contributed by atoms with Crippen LogP contribution in [0.2, 0.25) is 0 Å². The van der Waals surface area contributed by atoms with Gasteiger partial charge in [-0.1, -0.05) is 30.0 Å². The van der Waals surface area contributed by atoms with E-state index in [1.807, 2.05) is 30.5 Å². The molecule has 2 aliphatic rings. The SMILES string of the molecule is COc1ccccc1OCCOc1ccc(/C=C2/C(=N)N3C(SC)=NSC3=NC2=O)cc1OC. The van der Waals surface area contributed by atoms with Crippen LogP contribution in [0.3, 0.4) is 0 Å². The maximum atomic E-state index is 12.5. The average Bonchev–Trinajstić information content (AvgIpc) is 3.28. The van der Waals surface area contributed by atoms with Gasteiger partial charge in [0.05, 0.1) is 31.7 Å². The molecule has 0 saturated carbocycles. The fourth-order valence-electron chi connectivity index (χ4n) is 3.23. The van der Waals surface area contributed by atoms with Gasteiger partial charge in [-0.3, -0.25) is 10.2 Å². The van der Waals surface area contributed by atoms with Crippen LogP contribution in [0.25, 0.3) is 6.08 Å². The Hall–Kier alpha value is -3.44. The van der Waals surface area contributed by atoms with Gasteiger partial charge in [-0.15, -0.1) is 0 Å². The third-order valence-corrected chi connectivity index (χ3v) is 6.30. The topological polar surface area (TPSA) is 106 Å². The lowest BCUT2D eigenvalue weighted by Crippen LogP contribution is -2.41. The number of rotatable bonds is 8. The number of hydrogen-bond donors (Lipinski definition) is 1. The fourth-order valence-corrected chi connectivity index (χ4v) is 4.69. The number of nitrogens with zero attached hydrogens (tertiary/aromatic N) is 3. The van der Waals surface area contributed by atoms with E-state index in [1.54, 1.807) is 36.3 Å². The van der Waals surface area contributed by atoms with Crippen molar-refractivity contribution in [3.8, 4) is 23.0 Å². The smallest absolute Gasteiger partial charge is 0.283 e. The van der Waals surface area contributed by atoms with Crippen LogP contribution in [0.4, 0.5) is 0 Å². The summed E-state index contributed by atoms with van der Waals surface area (Å²) in [6.07, 6.45) is 3.48. The van der Waals surface area contributed by atoms with Crippen molar-refractivity contribution in [1.29, 1.82) is 5.41 Å². The Kier molecular flexibility index (Phi) is 7.43. The van der Waals surface area contributed by atoms with Crippen molar-refractivity contribution in [2.75, 3.05) is 33.7 Å². The Morgan fingerprint density at radius 3 is 2.38 bits per heavy atom. The van der Waals surface area contributed by atoms with Crippen molar-refractivity contribution < 1.29 is 23.7 Å². The number of thioether (sulfide) groups is 1. The number of carbonyl (C=O) groups excluding carboxylic acids is 1. The number of fused-ring (bicyclic) bond motifs is 1. The monoisotopic (exact) mass is 498 g/mol. The second-order valence-electron chi connectivity index (χ2n) is 6.87. The van der Waals surface area contributed by atoms with Gasteiger partial charge in [0.2, 0.25) is 5.17 Å². The normalized spacial score (nSPS) is 16.2. The lowest BCUT2D eigenvalue weighted by molar-refractivity contribution is -0.114. The first-order valence-electron chi connectivity index (χ1n) is 10.1. The molecule has 0 aromatic heterocycles. The first-order chi connectivity index (χ1) is 16.5. The molecule has 1 amide bonds. The number of benzene rings is 2. The van der Waals surface area contributed by atoms with E-state index >= 15 is 0 Å². The molecular weight excluding hydrogens is 476 g/mol. The Labute approximate surface area is 205 Å². The number of carbonyl (C=O) groups is 1. The highest BCUT2D eigenvalue weighted by molar-refractivity contribution is 8.18. The summed E-state index contributed by atoms with van der Waals surface area (Å²) in [4.78, 5) is 18.2. The van der Waals surface area contributed by atoms with E-state index < -0.39 is 5.91 Å². The van der Waals surface area contributed by atoms with E-state index in [0.29, 0.717) is 52.1 Å². The molecule has 2 aromatic rings. The zero-order chi connectivity index (χ0) is 24.1. The zero-order valence-electron chi connectivity index (χ0n) is 18.7. The molecule has 2 aliphatic heterocycles. The molecule has 2 heterocycles. The van der Waals surface area contributed by atoms with Crippen molar-refractivity contribution >= 4 is 51.9 Å². The van der Waals surface area contributed by atoms with Crippen LogP contribution < -0.4 is 18.9 Å². The van der Waals surface area contributed by atoms with Crippen molar-refractivity contribution in [2.45, 2.75) is 0 Å². The average molecular weight is 499 g/mol. The molecule has 0 radical (unpaired) electrons. The standard InChI is InChI=1S/C23H22N4O5S2/c1-29-16-6-4-5-7-17(16)31-10-11-32-18-9-8-14(13-19(18)30-2)12-15-20(24)27-22(25-21(15)28)34-26-23(27)33-3/h4-9,12-13,24H,10-11H2,1-3H3/b15-12-,24-20?. The molecule has 11 heteroatoms. The maximum Gasteiger partial charge on any atom is 0.283 e. The van der Waals surface area contributed by atoms with Crippen LogP contribution in [0.1, 0.15) is 5.56 Å². The summed E-state index contributed by atoms with van der Waals surface area (Å²) in [5.74, 6) is 1.88. The number of aliphatic imine (C=N–C) groups is 1. The Balaban J connectivity index is 1.45. The number of amides is 1. The molecule has 9 nitrogen and oxygen atoms in total. The number of nitrogens with one attached hydrogen (secondary N) is 1. The molecule has 4 rings (SSSR count). The van der Waals surface area contributed by atoms with Crippen LogP contribution >= 0.6 is 23.7 Å². The maximum absolute atomic E-state index is 12.5. The van der Waals surface area contributed by atoms with E-state index in [0.717, 1.165) is 11.9 Å². The Morgan fingerprint density at radius 1 is 1.03 bits per heavy atom. The van der Waals surface area contributed by atoms with E-state index in [4.69, 9.17) is 24.4 Å². The van der Waals surface area contributed by atoms with Gasteiger partial charge in [0.25, 0.3) is 5.91 Å². The minimum absolute atomic E-state index is 0.0425. The number of hydrogen-bond acceptors (Lipinski definition) is 9. The highest BCUT2D eigenvalue weighted by Gasteiger charge is 2.37. The van der Waals surface area contributed by atoms with Gasteiger partial charge in [0, 0.05) is 0 Å². The molecular formula is C23H22N4O5S2. The van der Waals surface area contributed by atoms with Crippen molar-refractivity contribution in [1.82, 2.24) is 4.90 Å². The highest BCUT2D eigenvalue weighted by atomic mass is 32.2. The summed E-state index contributed by atoms with van der Waals surface area (Å²) in [5.41, 5.74) is 0.852. The summed E-state index contributed by atoms with van der Waals surface area (Å²) >= 11 is 2.48. The fraction of sp³-hybridized carbons (Fsp3) is 0.217. The molecule has 0 atom stereocenters. The van der Waals surface area contributed by atoms with Crippen molar-refractivity contribution in [3.63, 3.8) is 0 Å². The van der Waals surface area contributed by atoms with E-state index in [1.165, 1.54) is 18.9 Å². The molecule has 176 valence electrons. The summed E-state index contributed by atoms with van der Waals surface area (Å²) in [5, 5.41) is 9.52. The first kappa shape index (κ1) is 23.7. The van der Waals surface area contributed by atoms with Crippen molar-refractivity contribution in [2.24, 2.45) is 9.39 Å². The second-order valence-corrected chi connectivity index (χ2v) is 8.37. The second kappa shape index (κ2) is 10.7. The third kappa shape index (κ3) is 4.90. The molecule has 2 aromatic carbocycles. The van der Waals surface area contributed by atoms with E-state index in [9.17, 15) is 4.79 Å². The summed E-state index contributed by atoms with van der Waals surface area (Å²) in [7, 11) is 3.13. The predicted molar refractivity (Wildman–Crippen MR) is 136 cm³/mol. The zero-order valence-corrected chi connectivity index (χ0v) is 20.4. The molecule has 1 N–H and O–H groups in total. The predicted octanol–water partition coefficient (Wildman–Crippen LogP) is 4.10. The lowest BCUT2D eigenvalue weighted by atomic mass is 10.1. The molecule has 0 spiro atoms. The van der Waals surface area contributed by atoms with Gasteiger partial charge in [0.15, 0.2) is 28.2 Å². The number of amidine groups is 3. The third-order valence-electron chi connectivity index (χ3n) is 4.84. The number of ether oxygens (including phenoxy) is 4. The summed E-state index contributed by atoms with van der Waals surface area (Å²) < 4.78 is 26.5. The lowest BCUT2D eigenvalue weighted by Gasteiger charge is -2.23. The van der Waals surface area contributed by atoms with Gasteiger partial charge in [-0.05, 0) is 42.2 Å². The van der Waals surface area contributed by atoms with Crippen molar-refractivity contribution in [3.05, 3.63) is 53.6 Å². The van der Waals surface area contributed by atoms with Crippen LogP contribution in [0.5, 0.6) is 23.0 Å². The van der Waals surface area contributed by atoms with E-state index in [-0.39, 0.29) is 11.4 Å². The minimum atomic E-state index is -0.478. The molecule has 0 aliphatic carbocycles. The number of methoxy groups -OCH3 is 2. The molecule has 0 unspecified atom stereocenters. The quantitative estimate of drug-likeness (QED) is 0.329. The van der Waals surface area contributed by atoms with Crippen LogP contribution in [-0.2, 0) is 4.79 Å². The summed E-state index contributed by atoms with van der Waals surface area (Å²) in [6, 6.07) is 12.7. The molecule has 0 saturated heterocycles. The van der Waals surface area contributed by atoms with Crippen LogP contribution in [0.15, 0.2) is 57.4 Å². The number of para-hydroxylation sites is 2.